The van der Waals surface area contributed by atoms with Crippen molar-refractivity contribution in [2.24, 2.45) is 0 Å². The van der Waals surface area contributed by atoms with Crippen LogP contribution in [-0.2, 0) is 11.2 Å². The van der Waals surface area contributed by atoms with Gasteiger partial charge < -0.3 is 4.74 Å². The molecule has 0 heterocycles. The van der Waals surface area contributed by atoms with Crippen LogP contribution in [0, 0.1) is 6.92 Å². The standard InChI is InChI=1S/C11H12Br2O2/c1-7-5-10(15-8(2)14)6-9(3-4-12)11(7)13/h5-6H,3-4H2,1-2H3. The lowest BCUT2D eigenvalue weighted by molar-refractivity contribution is -0.131. The first kappa shape index (κ1) is 12.7. The van der Waals surface area contributed by atoms with E-state index >= 15 is 0 Å². The fraction of sp³-hybridized carbons (Fsp3) is 0.364. The SMILES string of the molecule is CC(=O)Oc1cc(C)c(Br)c(CCBr)c1. The summed E-state index contributed by atoms with van der Waals surface area (Å²) in [6, 6.07) is 3.74. The largest absolute Gasteiger partial charge is 0.427 e. The maximum atomic E-state index is 10.8. The van der Waals surface area contributed by atoms with E-state index in [0.29, 0.717) is 5.75 Å². The molecule has 1 rings (SSSR count). The van der Waals surface area contributed by atoms with E-state index in [4.69, 9.17) is 4.74 Å². The van der Waals surface area contributed by atoms with Gasteiger partial charge in [0, 0.05) is 16.7 Å². The summed E-state index contributed by atoms with van der Waals surface area (Å²) in [4.78, 5) is 10.8. The number of halogens is 2. The molecule has 0 aliphatic rings. The topological polar surface area (TPSA) is 26.3 Å². The van der Waals surface area contributed by atoms with Crippen LogP contribution in [0.5, 0.6) is 5.75 Å². The molecule has 0 N–H and O–H groups in total. The molecule has 1 aromatic rings. The molecule has 0 aliphatic heterocycles. The molecule has 0 spiro atoms. The van der Waals surface area contributed by atoms with Crippen molar-refractivity contribution in [1.29, 1.82) is 0 Å². The first-order valence-electron chi connectivity index (χ1n) is 4.58. The van der Waals surface area contributed by atoms with Crippen molar-refractivity contribution in [2.75, 3.05) is 5.33 Å². The van der Waals surface area contributed by atoms with E-state index in [1.165, 1.54) is 6.92 Å². The van der Waals surface area contributed by atoms with Gasteiger partial charge in [0.15, 0.2) is 0 Å². The van der Waals surface area contributed by atoms with Crippen LogP contribution in [0.25, 0.3) is 0 Å². The van der Waals surface area contributed by atoms with E-state index in [9.17, 15) is 4.79 Å². The molecule has 0 unspecified atom stereocenters. The lowest BCUT2D eigenvalue weighted by atomic mass is 10.1. The summed E-state index contributed by atoms with van der Waals surface area (Å²) in [6.07, 6.45) is 0.899. The van der Waals surface area contributed by atoms with E-state index in [1.54, 1.807) is 0 Å². The number of esters is 1. The molecule has 4 heteroatoms. The molecule has 15 heavy (non-hydrogen) atoms. The lowest BCUT2D eigenvalue weighted by Crippen LogP contribution is -2.03. The second-order valence-corrected chi connectivity index (χ2v) is 4.83. The predicted molar refractivity (Wildman–Crippen MR) is 67.7 cm³/mol. The van der Waals surface area contributed by atoms with Crippen LogP contribution in [0.2, 0.25) is 0 Å². The molecule has 0 atom stereocenters. The Bertz CT molecular complexity index is 375. The first-order chi connectivity index (χ1) is 7.04. The lowest BCUT2D eigenvalue weighted by Gasteiger charge is -2.09. The van der Waals surface area contributed by atoms with Crippen LogP contribution in [0.3, 0.4) is 0 Å². The molecule has 0 bridgehead atoms. The van der Waals surface area contributed by atoms with Crippen molar-refractivity contribution in [3.8, 4) is 5.75 Å². The first-order valence-corrected chi connectivity index (χ1v) is 6.49. The molecule has 0 aliphatic carbocycles. The van der Waals surface area contributed by atoms with Crippen LogP contribution in [0.4, 0.5) is 0 Å². The Morgan fingerprint density at radius 2 is 2.13 bits per heavy atom. The van der Waals surface area contributed by atoms with Gasteiger partial charge in [-0.15, -0.1) is 0 Å². The minimum absolute atomic E-state index is 0.290. The molecule has 0 saturated heterocycles. The molecule has 2 nitrogen and oxygen atoms in total. The van der Waals surface area contributed by atoms with Crippen molar-refractivity contribution in [3.63, 3.8) is 0 Å². The van der Waals surface area contributed by atoms with Gasteiger partial charge >= 0.3 is 5.97 Å². The highest BCUT2D eigenvalue weighted by atomic mass is 79.9. The Hall–Kier alpha value is -0.350. The molecule has 0 saturated carbocycles. The summed E-state index contributed by atoms with van der Waals surface area (Å²) in [5, 5.41) is 0.883. The molecular weight excluding hydrogens is 324 g/mol. The molecule has 0 amide bonds. The van der Waals surface area contributed by atoms with Crippen LogP contribution < -0.4 is 4.74 Å². The molecule has 0 aromatic heterocycles. The number of aryl methyl sites for hydroxylation is 2. The Morgan fingerprint density at radius 1 is 1.47 bits per heavy atom. The third kappa shape index (κ3) is 3.61. The smallest absolute Gasteiger partial charge is 0.308 e. The van der Waals surface area contributed by atoms with Crippen LogP contribution in [0.15, 0.2) is 16.6 Å². The second kappa shape index (κ2) is 5.66. The third-order valence-electron chi connectivity index (χ3n) is 1.93. The Balaban J connectivity index is 3.05. The fourth-order valence-electron chi connectivity index (χ4n) is 1.32. The molecule has 0 fully saturated rings. The summed E-state index contributed by atoms with van der Waals surface area (Å²) in [7, 11) is 0. The van der Waals surface area contributed by atoms with Gasteiger partial charge in [-0.25, -0.2) is 0 Å². The highest BCUT2D eigenvalue weighted by Gasteiger charge is 2.07. The summed E-state index contributed by atoms with van der Waals surface area (Å²) >= 11 is 6.91. The number of carbonyl (C=O) groups is 1. The Morgan fingerprint density at radius 3 is 2.67 bits per heavy atom. The summed E-state index contributed by atoms with van der Waals surface area (Å²) in [5.41, 5.74) is 2.22. The van der Waals surface area contributed by atoms with Crippen molar-refractivity contribution >= 4 is 37.8 Å². The number of benzene rings is 1. The van der Waals surface area contributed by atoms with Crippen molar-refractivity contribution in [3.05, 3.63) is 27.7 Å². The van der Waals surface area contributed by atoms with Gasteiger partial charge in [0.25, 0.3) is 0 Å². The molecule has 1 aromatic carbocycles. The summed E-state index contributed by atoms with van der Waals surface area (Å²) in [5.74, 6) is 0.320. The molecule has 0 radical (unpaired) electrons. The van der Waals surface area contributed by atoms with E-state index in [-0.39, 0.29) is 5.97 Å². The number of hydrogen-bond acceptors (Lipinski definition) is 2. The number of hydrogen-bond donors (Lipinski definition) is 0. The van der Waals surface area contributed by atoms with Gasteiger partial charge in [0.05, 0.1) is 0 Å². The summed E-state index contributed by atoms with van der Waals surface area (Å²) in [6.45, 7) is 3.39. The van der Waals surface area contributed by atoms with Gasteiger partial charge in [-0.2, -0.15) is 0 Å². The Kier molecular flexibility index (Phi) is 4.80. The Labute approximate surface area is 106 Å². The maximum absolute atomic E-state index is 10.8. The minimum Gasteiger partial charge on any atom is -0.427 e. The zero-order valence-electron chi connectivity index (χ0n) is 8.64. The van der Waals surface area contributed by atoms with Gasteiger partial charge in [-0.3, -0.25) is 4.79 Å². The van der Waals surface area contributed by atoms with Crippen LogP contribution in [0.1, 0.15) is 18.1 Å². The van der Waals surface area contributed by atoms with Crippen molar-refractivity contribution in [2.45, 2.75) is 20.3 Å². The average molecular weight is 336 g/mol. The second-order valence-electron chi connectivity index (χ2n) is 3.25. The zero-order valence-corrected chi connectivity index (χ0v) is 11.8. The highest BCUT2D eigenvalue weighted by Crippen LogP contribution is 2.27. The van der Waals surface area contributed by atoms with Crippen molar-refractivity contribution < 1.29 is 9.53 Å². The van der Waals surface area contributed by atoms with E-state index in [0.717, 1.165) is 27.4 Å². The van der Waals surface area contributed by atoms with Gasteiger partial charge in [0.1, 0.15) is 5.75 Å². The monoisotopic (exact) mass is 334 g/mol. The third-order valence-corrected chi connectivity index (χ3v) is 3.46. The zero-order chi connectivity index (χ0) is 11.4. The van der Waals surface area contributed by atoms with Gasteiger partial charge in [-0.05, 0) is 36.6 Å². The normalized spacial score (nSPS) is 10.1. The molecular formula is C11H12Br2O2. The number of rotatable bonds is 3. The average Bonchev–Trinajstić information content (AvgIpc) is 2.12. The van der Waals surface area contributed by atoms with Gasteiger partial charge in [0.2, 0.25) is 0 Å². The minimum atomic E-state index is -0.290. The van der Waals surface area contributed by atoms with E-state index in [1.807, 2.05) is 19.1 Å². The van der Waals surface area contributed by atoms with E-state index in [2.05, 4.69) is 31.9 Å². The van der Waals surface area contributed by atoms with E-state index < -0.39 is 0 Å². The molecule has 82 valence electrons. The van der Waals surface area contributed by atoms with Gasteiger partial charge in [-0.1, -0.05) is 31.9 Å². The number of alkyl halides is 1. The van der Waals surface area contributed by atoms with Crippen LogP contribution in [-0.4, -0.2) is 11.3 Å². The van der Waals surface area contributed by atoms with Crippen LogP contribution >= 0.6 is 31.9 Å². The highest BCUT2D eigenvalue weighted by molar-refractivity contribution is 9.10. The predicted octanol–water partition coefficient (Wildman–Crippen LogP) is 3.62. The number of ether oxygens (including phenoxy) is 1. The summed E-state index contributed by atoms with van der Waals surface area (Å²) < 4.78 is 6.14. The fourth-order valence-corrected chi connectivity index (χ4v) is 2.17. The van der Waals surface area contributed by atoms with Crippen molar-refractivity contribution in [1.82, 2.24) is 0 Å². The maximum Gasteiger partial charge on any atom is 0.308 e. The quantitative estimate of drug-likeness (QED) is 0.479. The number of carbonyl (C=O) groups excluding carboxylic acids is 1.